The van der Waals surface area contributed by atoms with Crippen LogP contribution in [-0.4, -0.2) is 89.0 Å². The smallest absolute Gasteiger partial charge is 0.326 e. The van der Waals surface area contributed by atoms with E-state index in [0.717, 1.165) is 0 Å². The molecule has 0 aliphatic carbocycles. The topological polar surface area (TPSA) is 279 Å². The number of carboxylic acid groups (broad SMARTS) is 2. The molecule has 0 aromatic rings. The summed E-state index contributed by atoms with van der Waals surface area (Å²) in [6.45, 7) is 6.79. The number of guanidine groups is 1. The van der Waals surface area contributed by atoms with Crippen LogP contribution in [0.5, 0.6) is 0 Å². The van der Waals surface area contributed by atoms with Crippen molar-refractivity contribution in [2.45, 2.75) is 84.0 Å². The molecule has 16 nitrogen and oxygen atoms in total. The van der Waals surface area contributed by atoms with Crippen molar-refractivity contribution >= 4 is 41.5 Å². The van der Waals surface area contributed by atoms with Crippen LogP contribution in [0.4, 0.5) is 0 Å². The van der Waals surface area contributed by atoms with E-state index in [1.54, 1.807) is 13.8 Å². The maximum absolute atomic E-state index is 12.7. The fourth-order valence-corrected chi connectivity index (χ4v) is 3.53. The Morgan fingerprint density at radius 3 is 1.95 bits per heavy atom. The van der Waals surface area contributed by atoms with Gasteiger partial charge in [-0.25, -0.2) is 4.79 Å². The van der Waals surface area contributed by atoms with Gasteiger partial charge in [-0.15, -0.1) is 0 Å². The lowest BCUT2D eigenvalue weighted by molar-refractivity contribution is -0.143. The van der Waals surface area contributed by atoms with Gasteiger partial charge in [0.25, 0.3) is 0 Å². The van der Waals surface area contributed by atoms with Crippen LogP contribution in [0.3, 0.4) is 0 Å². The van der Waals surface area contributed by atoms with E-state index in [9.17, 15) is 33.9 Å². The Hall–Kier alpha value is -3.95. The summed E-state index contributed by atoms with van der Waals surface area (Å²) in [7, 11) is 0. The van der Waals surface area contributed by atoms with Crippen molar-refractivity contribution in [3.63, 3.8) is 0 Å². The Labute approximate surface area is 233 Å². The number of carbonyl (C=O) groups excluding carboxylic acids is 4. The lowest BCUT2D eigenvalue weighted by Crippen LogP contribution is -2.56. The van der Waals surface area contributed by atoms with Crippen LogP contribution in [0.1, 0.15) is 59.8 Å². The number of carbonyl (C=O) groups is 6. The molecule has 0 unspecified atom stereocenters. The predicted octanol–water partition coefficient (Wildman–Crippen LogP) is -2.20. The first-order chi connectivity index (χ1) is 18.5. The molecule has 0 fully saturated rings. The maximum Gasteiger partial charge on any atom is 0.326 e. The van der Waals surface area contributed by atoms with Gasteiger partial charge in [-0.2, -0.15) is 0 Å². The predicted molar refractivity (Wildman–Crippen MR) is 145 cm³/mol. The van der Waals surface area contributed by atoms with E-state index in [0.29, 0.717) is 6.42 Å². The highest BCUT2D eigenvalue weighted by molar-refractivity contribution is 5.94. The Morgan fingerprint density at radius 2 is 1.45 bits per heavy atom. The molecule has 40 heavy (non-hydrogen) atoms. The van der Waals surface area contributed by atoms with Crippen LogP contribution >= 0.6 is 0 Å². The third-order valence-corrected chi connectivity index (χ3v) is 5.63. The Balaban J connectivity index is 5.21. The highest BCUT2D eigenvalue weighted by atomic mass is 16.4. The number of carboxylic acids is 2. The second-order valence-electron chi connectivity index (χ2n) is 10.1. The molecule has 16 heteroatoms. The Kier molecular flexibility index (Phi) is 16.5. The van der Waals surface area contributed by atoms with Crippen molar-refractivity contribution in [2.75, 3.05) is 13.1 Å². The largest absolute Gasteiger partial charge is 0.481 e. The van der Waals surface area contributed by atoms with Crippen LogP contribution in [-0.2, 0) is 28.8 Å². The van der Waals surface area contributed by atoms with Gasteiger partial charge in [-0.05, 0) is 37.5 Å². The summed E-state index contributed by atoms with van der Waals surface area (Å²) in [5.74, 6) is -5.98. The minimum absolute atomic E-state index is 0.0276. The highest BCUT2D eigenvalue weighted by Gasteiger charge is 2.29. The highest BCUT2D eigenvalue weighted by Crippen LogP contribution is 2.07. The van der Waals surface area contributed by atoms with Crippen LogP contribution < -0.4 is 38.1 Å². The van der Waals surface area contributed by atoms with Crippen molar-refractivity contribution in [3.8, 4) is 0 Å². The molecule has 0 bridgehead atoms. The summed E-state index contributed by atoms with van der Waals surface area (Å²) < 4.78 is 0. The van der Waals surface area contributed by atoms with Gasteiger partial charge >= 0.3 is 11.9 Å². The molecule has 0 saturated carbocycles. The molecule has 4 atom stereocenters. The van der Waals surface area contributed by atoms with Gasteiger partial charge in [-0.1, -0.05) is 27.7 Å². The average Bonchev–Trinajstić information content (AvgIpc) is 2.83. The van der Waals surface area contributed by atoms with E-state index in [4.69, 9.17) is 22.0 Å². The number of amides is 4. The first-order valence-corrected chi connectivity index (χ1v) is 13.0. The number of hydrogen-bond acceptors (Lipinski definition) is 8. The van der Waals surface area contributed by atoms with Crippen molar-refractivity contribution in [1.82, 2.24) is 26.6 Å². The lowest BCUT2D eigenvalue weighted by atomic mass is 10.0. The van der Waals surface area contributed by atoms with Gasteiger partial charge in [0.05, 0.1) is 12.6 Å². The zero-order valence-electron chi connectivity index (χ0n) is 23.4. The molecule has 228 valence electrons. The van der Waals surface area contributed by atoms with Gasteiger partial charge in [0.15, 0.2) is 5.96 Å². The Bertz CT molecular complexity index is 911. The summed E-state index contributed by atoms with van der Waals surface area (Å²) in [5.41, 5.74) is 11.0. The van der Waals surface area contributed by atoms with Gasteiger partial charge in [0.1, 0.15) is 18.1 Å². The second-order valence-corrected chi connectivity index (χ2v) is 10.1. The molecule has 4 amide bonds. The first-order valence-electron chi connectivity index (χ1n) is 13.0. The molecule has 0 aromatic heterocycles. The SMILES string of the molecule is CC(C)C[C@H](N)C(=O)N[C@H](C(=O)NCC(=O)N[C@@H](CCC(=O)O)C(=O)N[C@@H](CCCNC(=N)N)C(=O)O)C(C)C. The zero-order chi connectivity index (χ0) is 31.0. The molecular weight excluding hydrogens is 528 g/mol. The fraction of sp³-hybridized carbons (Fsp3) is 0.708. The molecule has 12 N–H and O–H groups in total. The van der Waals surface area contributed by atoms with E-state index < -0.39 is 72.7 Å². The molecule has 0 aliphatic heterocycles. The van der Waals surface area contributed by atoms with Gasteiger partial charge in [-0.3, -0.25) is 29.4 Å². The summed E-state index contributed by atoms with van der Waals surface area (Å²) >= 11 is 0. The second kappa shape index (κ2) is 18.4. The normalized spacial score (nSPS) is 13.9. The maximum atomic E-state index is 12.7. The van der Waals surface area contributed by atoms with Crippen LogP contribution in [0, 0.1) is 17.2 Å². The molecule has 0 spiro atoms. The van der Waals surface area contributed by atoms with E-state index in [1.165, 1.54) is 0 Å². The molecule has 0 rings (SSSR count). The van der Waals surface area contributed by atoms with Gasteiger partial charge in [0.2, 0.25) is 23.6 Å². The van der Waals surface area contributed by atoms with E-state index in [1.807, 2.05) is 13.8 Å². The van der Waals surface area contributed by atoms with Gasteiger partial charge in [0, 0.05) is 13.0 Å². The molecule has 0 aliphatic rings. The monoisotopic (exact) mass is 572 g/mol. The van der Waals surface area contributed by atoms with Crippen molar-refractivity contribution in [3.05, 3.63) is 0 Å². The minimum Gasteiger partial charge on any atom is -0.481 e. The molecular formula is C24H44N8O8. The lowest BCUT2D eigenvalue weighted by Gasteiger charge is -2.24. The van der Waals surface area contributed by atoms with Crippen LogP contribution in [0.15, 0.2) is 0 Å². The van der Waals surface area contributed by atoms with Crippen LogP contribution in [0.2, 0.25) is 0 Å². The number of nitrogens with two attached hydrogens (primary N) is 2. The van der Waals surface area contributed by atoms with Crippen molar-refractivity contribution in [1.29, 1.82) is 5.41 Å². The first kappa shape index (κ1) is 36.0. The van der Waals surface area contributed by atoms with Gasteiger partial charge < -0.3 is 48.3 Å². The molecule has 0 aromatic carbocycles. The number of hydrogen-bond donors (Lipinski definition) is 10. The fourth-order valence-electron chi connectivity index (χ4n) is 3.53. The summed E-state index contributed by atoms with van der Waals surface area (Å²) in [6, 6.07) is -4.54. The third-order valence-electron chi connectivity index (χ3n) is 5.63. The summed E-state index contributed by atoms with van der Waals surface area (Å²) in [4.78, 5) is 73.0. The van der Waals surface area contributed by atoms with Crippen molar-refractivity contribution in [2.24, 2.45) is 23.3 Å². The summed E-state index contributed by atoms with van der Waals surface area (Å²) in [5, 5.41) is 37.6. The van der Waals surface area contributed by atoms with E-state index in [-0.39, 0.29) is 43.6 Å². The number of aliphatic carboxylic acids is 2. The van der Waals surface area contributed by atoms with Crippen molar-refractivity contribution < 1.29 is 39.0 Å². The third kappa shape index (κ3) is 15.5. The zero-order valence-corrected chi connectivity index (χ0v) is 23.4. The van der Waals surface area contributed by atoms with E-state index >= 15 is 0 Å². The minimum atomic E-state index is -1.40. The van der Waals surface area contributed by atoms with E-state index in [2.05, 4.69) is 26.6 Å². The quantitative estimate of drug-likeness (QED) is 0.0450. The molecule has 0 heterocycles. The van der Waals surface area contributed by atoms with Crippen LogP contribution in [0.25, 0.3) is 0 Å². The number of nitrogens with one attached hydrogen (secondary N) is 6. The standard InChI is InChI=1S/C24H44N8O8/c1-12(2)10-14(25)20(36)32-19(13(3)4)22(38)29-11-17(33)30-15(7-8-18(34)35)21(37)31-16(23(39)40)6-5-9-28-24(26)27/h12-16,19H,5-11,25H2,1-4H3,(H,29,38)(H,30,33)(H,31,37)(H,32,36)(H,34,35)(H,39,40)(H4,26,27,28)/t14-,15-,16-,19-/m0/s1. The average molecular weight is 573 g/mol. The molecule has 0 saturated heterocycles. The summed E-state index contributed by atoms with van der Waals surface area (Å²) in [6.07, 6.45) is -0.204. The Morgan fingerprint density at radius 1 is 0.825 bits per heavy atom. The number of rotatable bonds is 19. The molecule has 0 radical (unpaired) electrons.